The molecule has 1 fully saturated rings. The Bertz CT molecular complexity index is 943. The van der Waals surface area contributed by atoms with Gasteiger partial charge in [0.25, 0.3) is 0 Å². The molecule has 0 bridgehead atoms. The van der Waals surface area contributed by atoms with Crippen LogP contribution in [-0.4, -0.2) is 43.8 Å². The third-order valence-electron chi connectivity index (χ3n) is 4.74. The second-order valence-corrected chi connectivity index (χ2v) is 7.02. The van der Waals surface area contributed by atoms with E-state index in [4.69, 9.17) is 4.74 Å². The number of nitrogens with zero attached hydrogens (tertiary/aromatic N) is 6. The van der Waals surface area contributed by atoms with Crippen LogP contribution in [0.1, 0.15) is 35.6 Å². The molecule has 0 unspecified atom stereocenters. The fourth-order valence-electron chi connectivity index (χ4n) is 3.41. The molecule has 0 atom stereocenters. The first-order valence-corrected chi connectivity index (χ1v) is 9.05. The van der Waals surface area contributed by atoms with Crippen molar-refractivity contribution in [3.05, 3.63) is 41.1 Å². The van der Waals surface area contributed by atoms with Crippen LogP contribution < -0.4 is 9.64 Å². The lowest BCUT2D eigenvalue weighted by atomic mass is 10.1. The highest BCUT2D eigenvalue weighted by molar-refractivity contribution is 5.52. The minimum atomic E-state index is 0.166. The maximum Gasteiger partial charge on any atom is 0.235 e. The number of anilines is 1. The van der Waals surface area contributed by atoms with Crippen LogP contribution in [0.15, 0.2) is 18.3 Å². The van der Waals surface area contributed by atoms with Crippen molar-refractivity contribution in [1.82, 2.24) is 24.6 Å². The molecule has 7 heteroatoms. The number of aryl methyl sites for hydroxylation is 4. The lowest BCUT2D eigenvalue weighted by molar-refractivity contribution is 0.161. The van der Waals surface area contributed by atoms with Gasteiger partial charge in [-0.2, -0.15) is 9.61 Å². The monoisotopic (exact) mass is 352 g/mol. The zero-order valence-electron chi connectivity index (χ0n) is 15.7. The van der Waals surface area contributed by atoms with Gasteiger partial charge >= 0.3 is 0 Å². The first kappa shape index (κ1) is 16.8. The molecule has 1 saturated heterocycles. The van der Waals surface area contributed by atoms with Crippen LogP contribution >= 0.6 is 0 Å². The first-order chi connectivity index (χ1) is 12.5. The van der Waals surface area contributed by atoms with Gasteiger partial charge < -0.3 is 9.64 Å². The summed E-state index contributed by atoms with van der Waals surface area (Å²) < 4.78 is 8.08. The molecule has 136 valence electrons. The Morgan fingerprint density at radius 3 is 2.50 bits per heavy atom. The number of fused-ring (bicyclic) bond motifs is 1. The van der Waals surface area contributed by atoms with Crippen molar-refractivity contribution in [1.29, 1.82) is 0 Å². The number of aromatic nitrogens is 5. The van der Waals surface area contributed by atoms with Gasteiger partial charge in [-0.15, -0.1) is 0 Å². The van der Waals surface area contributed by atoms with Gasteiger partial charge in [0.1, 0.15) is 11.9 Å². The Labute approximate surface area is 153 Å². The summed E-state index contributed by atoms with van der Waals surface area (Å²) in [6, 6.07) is 4.13. The molecule has 1 aliphatic heterocycles. The summed E-state index contributed by atoms with van der Waals surface area (Å²) in [6.07, 6.45) is 3.82. The third kappa shape index (κ3) is 3.21. The van der Waals surface area contributed by atoms with E-state index in [2.05, 4.69) is 31.0 Å². The predicted molar refractivity (Wildman–Crippen MR) is 99.8 cm³/mol. The molecule has 0 aliphatic carbocycles. The topological polar surface area (TPSA) is 68.4 Å². The van der Waals surface area contributed by atoms with Crippen molar-refractivity contribution in [3.63, 3.8) is 0 Å². The number of ether oxygens (including phenoxy) is 1. The second kappa shape index (κ2) is 6.55. The quantitative estimate of drug-likeness (QED) is 0.722. The van der Waals surface area contributed by atoms with Crippen molar-refractivity contribution < 1.29 is 4.74 Å². The minimum Gasteiger partial charge on any atom is -0.473 e. The van der Waals surface area contributed by atoms with Crippen LogP contribution in [0.3, 0.4) is 0 Å². The fraction of sp³-hybridized carbons (Fsp3) is 0.474. The van der Waals surface area contributed by atoms with Gasteiger partial charge in [0, 0.05) is 50.0 Å². The van der Waals surface area contributed by atoms with Crippen LogP contribution in [0.5, 0.6) is 5.88 Å². The van der Waals surface area contributed by atoms with Crippen molar-refractivity contribution in [3.8, 4) is 5.88 Å². The first-order valence-electron chi connectivity index (χ1n) is 9.05. The largest absolute Gasteiger partial charge is 0.473 e. The molecular weight excluding hydrogens is 328 g/mol. The third-order valence-corrected chi connectivity index (χ3v) is 4.74. The zero-order valence-corrected chi connectivity index (χ0v) is 15.7. The molecule has 26 heavy (non-hydrogen) atoms. The lowest BCUT2D eigenvalue weighted by Crippen LogP contribution is -2.39. The standard InChI is InChI=1S/C19H24N6O/c1-12-10-18(25-17(21-12)9-13(2)23-25)24-7-5-16(6-8-24)26-19-15(4)20-11-14(3)22-19/h9-11,16H,5-8H2,1-4H3. The SMILES string of the molecule is Cc1cnc(C)c(OC2CCN(c3cc(C)nc4cc(C)nn34)CC2)n1. The summed E-state index contributed by atoms with van der Waals surface area (Å²) in [4.78, 5) is 15.8. The highest BCUT2D eigenvalue weighted by atomic mass is 16.5. The number of hydrogen-bond acceptors (Lipinski definition) is 6. The fourth-order valence-corrected chi connectivity index (χ4v) is 3.41. The van der Waals surface area contributed by atoms with Crippen LogP contribution in [0.4, 0.5) is 5.82 Å². The van der Waals surface area contributed by atoms with E-state index in [1.54, 1.807) is 6.20 Å². The van der Waals surface area contributed by atoms with Crippen LogP contribution in [0.2, 0.25) is 0 Å². The van der Waals surface area contributed by atoms with Gasteiger partial charge in [-0.25, -0.2) is 9.97 Å². The van der Waals surface area contributed by atoms with E-state index in [1.165, 1.54) is 0 Å². The van der Waals surface area contributed by atoms with E-state index in [0.29, 0.717) is 5.88 Å². The summed E-state index contributed by atoms with van der Waals surface area (Å²) in [7, 11) is 0. The van der Waals surface area contributed by atoms with Gasteiger partial charge in [0.2, 0.25) is 5.88 Å². The van der Waals surface area contributed by atoms with E-state index >= 15 is 0 Å². The van der Waals surface area contributed by atoms with E-state index < -0.39 is 0 Å². The van der Waals surface area contributed by atoms with Crippen LogP contribution in [-0.2, 0) is 0 Å². The smallest absolute Gasteiger partial charge is 0.235 e. The molecular formula is C19H24N6O. The predicted octanol–water partition coefficient (Wildman–Crippen LogP) is 2.80. The lowest BCUT2D eigenvalue weighted by Gasteiger charge is -2.33. The van der Waals surface area contributed by atoms with E-state index in [0.717, 1.165) is 60.2 Å². The molecule has 0 amide bonds. The molecule has 1 aliphatic rings. The summed E-state index contributed by atoms with van der Waals surface area (Å²) >= 11 is 0. The summed E-state index contributed by atoms with van der Waals surface area (Å²) in [5.41, 5.74) is 4.62. The summed E-state index contributed by atoms with van der Waals surface area (Å²) in [5, 5.41) is 4.60. The number of hydrogen-bond donors (Lipinski definition) is 0. The average Bonchev–Trinajstić information content (AvgIpc) is 2.98. The molecule has 0 spiro atoms. The van der Waals surface area contributed by atoms with Gasteiger partial charge in [-0.1, -0.05) is 0 Å². The van der Waals surface area contributed by atoms with Gasteiger partial charge in [-0.05, 0) is 27.7 Å². The van der Waals surface area contributed by atoms with E-state index in [-0.39, 0.29) is 6.10 Å². The summed E-state index contributed by atoms with van der Waals surface area (Å²) in [5.74, 6) is 1.76. The summed E-state index contributed by atoms with van der Waals surface area (Å²) in [6.45, 7) is 9.74. The Morgan fingerprint density at radius 2 is 1.73 bits per heavy atom. The number of piperidine rings is 1. The molecule has 4 rings (SSSR count). The average molecular weight is 352 g/mol. The van der Waals surface area contributed by atoms with Crippen LogP contribution in [0.25, 0.3) is 5.65 Å². The molecule has 3 aromatic rings. The maximum atomic E-state index is 6.13. The minimum absolute atomic E-state index is 0.166. The zero-order chi connectivity index (χ0) is 18.3. The van der Waals surface area contributed by atoms with Crippen molar-refractivity contribution >= 4 is 11.5 Å². The normalized spacial score (nSPS) is 15.6. The van der Waals surface area contributed by atoms with Crippen molar-refractivity contribution in [2.45, 2.75) is 46.6 Å². The van der Waals surface area contributed by atoms with E-state index in [1.807, 2.05) is 38.3 Å². The Kier molecular flexibility index (Phi) is 4.22. The molecule has 7 nitrogen and oxygen atoms in total. The molecule has 4 heterocycles. The van der Waals surface area contributed by atoms with E-state index in [9.17, 15) is 0 Å². The van der Waals surface area contributed by atoms with Gasteiger partial charge in [0.05, 0.1) is 17.1 Å². The molecule has 3 aromatic heterocycles. The maximum absolute atomic E-state index is 6.13. The number of rotatable bonds is 3. The van der Waals surface area contributed by atoms with Gasteiger partial charge in [-0.3, -0.25) is 4.98 Å². The second-order valence-electron chi connectivity index (χ2n) is 7.02. The van der Waals surface area contributed by atoms with Crippen LogP contribution in [0, 0.1) is 27.7 Å². The van der Waals surface area contributed by atoms with Gasteiger partial charge in [0.15, 0.2) is 5.65 Å². The molecule has 0 aromatic carbocycles. The van der Waals surface area contributed by atoms with Crippen molar-refractivity contribution in [2.24, 2.45) is 0 Å². The molecule has 0 radical (unpaired) electrons. The highest BCUT2D eigenvalue weighted by Gasteiger charge is 2.24. The Hall–Kier alpha value is -2.70. The van der Waals surface area contributed by atoms with Crippen molar-refractivity contribution in [2.75, 3.05) is 18.0 Å². The highest BCUT2D eigenvalue weighted by Crippen LogP contribution is 2.25. The Morgan fingerprint density at radius 1 is 0.962 bits per heavy atom. The molecule has 0 N–H and O–H groups in total. The molecule has 0 saturated carbocycles. The Balaban J connectivity index is 1.49.